The Morgan fingerprint density at radius 2 is 0.955 bits per heavy atom. The van der Waals surface area contributed by atoms with Crippen LogP contribution in [0.2, 0.25) is 0 Å². The third-order valence-corrected chi connectivity index (χ3v) is 0.786. The molecule has 0 fully saturated rings. The standard InChI is InChI=1S/C3H8O3.C3H8O2.2C3H6.C2H6O2.H2O/c4-1-3(6)2-5;1-3(5)2-4;2*1-3-2;3-1-2-4;/h3-6H,1-2H2;3-5H,2H2,1H3;2*3H,1H2,2H3;3-4H,1-2H2;1H2. The summed E-state index contributed by atoms with van der Waals surface area (Å²) in [6.07, 6.45) is 1.99. The summed E-state index contributed by atoms with van der Waals surface area (Å²) in [7, 11) is 0. The number of rotatable bonds is 4. The summed E-state index contributed by atoms with van der Waals surface area (Å²) in [5.41, 5.74) is 0. The lowest BCUT2D eigenvalue weighted by atomic mass is 10.4. The Bertz CT molecular complexity index is 142. The zero-order valence-corrected chi connectivity index (χ0v) is 13.9. The second kappa shape index (κ2) is 50.1. The zero-order valence-electron chi connectivity index (χ0n) is 13.9. The highest BCUT2D eigenvalue weighted by Crippen LogP contribution is 1.71. The average Bonchev–Trinajstić information content (AvgIpc) is 2.48. The molecule has 22 heavy (non-hydrogen) atoms. The third-order valence-electron chi connectivity index (χ3n) is 0.786. The lowest BCUT2D eigenvalue weighted by Gasteiger charge is -1.96. The Balaban J connectivity index is -0.0000000370. The lowest BCUT2D eigenvalue weighted by molar-refractivity contribution is 0.0450. The number of aliphatic hydroxyl groups is 7. The van der Waals surface area contributed by atoms with Crippen LogP contribution in [0.1, 0.15) is 20.8 Å². The van der Waals surface area contributed by atoms with E-state index in [9.17, 15) is 0 Å². The highest BCUT2D eigenvalue weighted by Gasteiger charge is 1.93. The molecule has 0 saturated carbocycles. The van der Waals surface area contributed by atoms with E-state index < -0.39 is 12.2 Å². The molecule has 0 aromatic heterocycles. The van der Waals surface area contributed by atoms with Gasteiger partial charge in [0, 0.05) is 0 Å². The van der Waals surface area contributed by atoms with Gasteiger partial charge in [-0.3, -0.25) is 0 Å². The highest BCUT2D eigenvalue weighted by molar-refractivity contribution is 4.52. The number of aliphatic hydroxyl groups excluding tert-OH is 7. The Hall–Kier alpha value is -0.840. The molecule has 9 N–H and O–H groups in total. The topological polar surface area (TPSA) is 173 Å². The summed E-state index contributed by atoms with van der Waals surface area (Å²) in [5.74, 6) is 0. The van der Waals surface area contributed by atoms with Crippen LogP contribution in [0.25, 0.3) is 0 Å². The van der Waals surface area contributed by atoms with E-state index in [1.165, 1.54) is 6.92 Å². The second-order valence-electron chi connectivity index (χ2n) is 3.31. The predicted octanol–water partition coefficient (Wildman–Crippen LogP) is -1.78. The van der Waals surface area contributed by atoms with Gasteiger partial charge < -0.3 is 41.2 Å². The van der Waals surface area contributed by atoms with Crippen LogP contribution < -0.4 is 0 Å². The molecule has 0 radical (unpaired) electrons. The quantitative estimate of drug-likeness (QED) is 0.298. The van der Waals surface area contributed by atoms with Crippen LogP contribution in [-0.2, 0) is 0 Å². The molecule has 0 spiro atoms. The van der Waals surface area contributed by atoms with Gasteiger partial charge in [-0.05, 0) is 20.8 Å². The molecule has 0 bridgehead atoms. The third kappa shape index (κ3) is 167. The van der Waals surface area contributed by atoms with Gasteiger partial charge in [-0.1, -0.05) is 12.2 Å². The van der Waals surface area contributed by atoms with Crippen LogP contribution in [0.5, 0.6) is 0 Å². The van der Waals surface area contributed by atoms with Crippen LogP contribution in [0, 0.1) is 0 Å². The fraction of sp³-hybridized carbons (Fsp3) is 0.714. The molecule has 0 aliphatic carbocycles. The van der Waals surface area contributed by atoms with Crippen molar-refractivity contribution in [1.82, 2.24) is 0 Å². The summed E-state index contributed by atoms with van der Waals surface area (Å²) in [6.45, 7) is 10.9. The van der Waals surface area contributed by atoms with Gasteiger partial charge >= 0.3 is 0 Å². The van der Waals surface area contributed by atoms with Gasteiger partial charge in [0.05, 0.1) is 39.1 Å². The van der Waals surface area contributed by atoms with Gasteiger partial charge in [0.15, 0.2) is 0 Å². The maximum Gasteiger partial charge on any atom is 0.100 e. The summed E-state index contributed by atoms with van der Waals surface area (Å²) >= 11 is 0. The minimum Gasteiger partial charge on any atom is -0.412 e. The van der Waals surface area contributed by atoms with Crippen molar-refractivity contribution in [2.24, 2.45) is 0 Å². The maximum atomic E-state index is 8.17. The first-order valence-electron chi connectivity index (χ1n) is 6.37. The molecule has 0 heterocycles. The van der Waals surface area contributed by atoms with Gasteiger partial charge in [0.1, 0.15) is 6.10 Å². The smallest absolute Gasteiger partial charge is 0.100 e. The van der Waals surface area contributed by atoms with Crippen LogP contribution in [0.4, 0.5) is 0 Å². The van der Waals surface area contributed by atoms with E-state index in [-0.39, 0.29) is 38.5 Å². The van der Waals surface area contributed by atoms with Gasteiger partial charge in [0.25, 0.3) is 0 Å². The molecule has 140 valence electrons. The Morgan fingerprint density at radius 1 is 0.773 bits per heavy atom. The second-order valence-corrected chi connectivity index (χ2v) is 3.31. The Morgan fingerprint density at radius 3 is 0.955 bits per heavy atom. The van der Waals surface area contributed by atoms with Gasteiger partial charge in [-0.2, -0.15) is 0 Å². The molecule has 8 nitrogen and oxygen atoms in total. The van der Waals surface area contributed by atoms with E-state index in [0.717, 1.165) is 0 Å². The molecule has 0 aromatic rings. The van der Waals surface area contributed by atoms with E-state index in [1.54, 1.807) is 12.2 Å². The van der Waals surface area contributed by atoms with Crippen molar-refractivity contribution in [3.05, 3.63) is 25.3 Å². The molecule has 1 unspecified atom stereocenters. The monoisotopic (exact) mass is 332 g/mol. The van der Waals surface area contributed by atoms with Crippen molar-refractivity contribution in [2.45, 2.75) is 33.0 Å². The van der Waals surface area contributed by atoms with Gasteiger partial charge in [0.2, 0.25) is 0 Å². The van der Waals surface area contributed by atoms with Crippen LogP contribution in [0.3, 0.4) is 0 Å². The molecule has 8 heteroatoms. The van der Waals surface area contributed by atoms with Crippen molar-refractivity contribution in [1.29, 1.82) is 0 Å². The van der Waals surface area contributed by atoms with Gasteiger partial charge in [-0.15, -0.1) is 13.2 Å². The van der Waals surface area contributed by atoms with Crippen molar-refractivity contribution in [3.8, 4) is 0 Å². The maximum absolute atomic E-state index is 8.17. The van der Waals surface area contributed by atoms with E-state index >= 15 is 0 Å². The minimum atomic E-state index is -0.954. The molecule has 0 saturated heterocycles. The number of allylic oxidation sites excluding steroid dienone is 2. The molecular formula is C14H36O8. The number of hydrogen-bond donors (Lipinski definition) is 7. The summed E-state index contributed by atoms with van der Waals surface area (Å²) < 4.78 is 0. The van der Waals surface area contributed by atoms with Gasteiger partial charge in [-0.25, -0.2) is 0 Å². The molecule has 0 aliphatic rings. The first-order valence-corrected chi connectivity index (χ1v) is 6.37. The molecule has 0 rings (SSSR count). The summed E-state index contributed by atoms with van der Waals surface area (Å²) in [4.78, 5) is 0. The zero-order chi connectivity index (χ0) is 18.1. The van der Waals surface area contributed by atoms with Crippen LogP contribution >= 0.6 is 0 Å². The van der Waals surface area contributed by atoms with Crippen LogP contribution in [-0.4, -0.2) is 86.5 Å². The molecule has 0 aliphatic heterocycles. The van der Waals surface area contributed by atoms with E-state index in [4.69, 9.17) is 35.7 Å². The number of hydrogen-bond acceptors (Lipinski definition) is 7. The summed E-state index contributed by atoms with van der Waals surface area (Å²) in [6, 6.07) is 0. The first kappa shape index (κ1) is 37.4. The fourth-order valence-corrected chi connectivity index (χ4v) is 0.0577. The molecule has 0 aromatic carbocycles. The normalized spacial score (nSPS) is 8.68. The van der Waals surface area contributed by atoms with Crippen molar-refractivity contribution in [2.75, 3.05) is 33.0 Å². The highest BCUT2D eigenvalue weighted by atomic mass is 16.3. The SMILES string of the molecule is C=CC.C=CC.CC(O)CO.O.OCC(O)CO.OCCO. The molecule has 0 amide bonds. The largest absolute Gasteiger partial charge is 0.412 e. The van der Waals surface area contributed by atoms with E-state index in [2.05, 4.69) is 13.2 Å². The van der Waals surface area contributed by atoms with E-state index in [0.29, 0.717) is 0 Å². The summed E-state index contributed by atoms with van der Waals surface area (Å²) in [5, 5.41) is 55.3. The average molecular weight is 332 g/mol. The van der Waals surface area contributed by atoms with Crippen LogP contribution in [0.15, 0.2) is 25.3 Å². The lowest BCUT2D eigenvalue weighted by Crippen LogP contribution is -2.15. The minimum absolute atomic E-state index is 0. The van der Waals surface area contributed by atoms with Crippen molar-refractivity contribution in [3.63, 3.8) is 0 Å². The predicted molar refractivity (Wildman–Crippen MR) is 88.5 cm³/mol. The Kier molecular flexibility index (Phi) is 85.1. The molecule has 1 atom stereocenters. The van der Waals surface area contributed by atoms with Crippen molar-refractivity contribution < 1.29 is 41.2 Å². The first-order chi connectivity index (χ1) is 9.82. The van der Waals surface area contributed by atoms with Crippen molar-refractivity contribution >= 4 is 0 Å². The van der Waals surface area contributed by atoms with E-state index in [1.807, 2.05) is 13.8 Å². The fourth-order valence-electron chi connectivity index (χ4n) is 0.0577. The Labute approximate surface area is 133 Å². The molecular weight excluding hydrogens is 296 g/mol.